The quantitative estimate of drug-likeness (QED) is 0.0474. The fourth-order valence-electron chi connectivity index (χ4n) is 13.4. The summed E-state index contributed by atoms with van der Waals surface area (Å²) in [6.45, 7) is 10.2. The monoisotopic (exact) mass is 1650 g/mol. The first kappa shape index (κ1) is 79.2. The van der Waals surface area contributed by atoms with Gasteiger partial charge in [-0.25, -0.2) is 14.4 Å². The van der Waals surface area contributed by atoms with Gasteiger partial charge < -0.3 is 42.1 Å². The van der Waals surface area contributed by atoms with Crippen LogP contribution in [0.15, 0.2) is 214 Å². The number of hydrogen-bond acceptors (Lipinski definition) is 18. The summed E-state index contributed by atoms with van der Waals surface area (Å²) < 4.78 is 77.1. The van der Waals surface area contributed by atoms with Gasteiger partial charge >= 0.3 is 17.9 Å². The van der Waals surface area contributed by atoms with Crippen LogP contribution in [0.4, 0.5) is 0 Å². The number of carboxylic acids is 3. The van der Waals surface area contributed by atoms with Crippen LogP contribution in [0.5, 0.6) is 0 Å². The molecule has 1 aliphatic carbocycles. The maximum Gasteiger partial charge on any atom is 0.346 e. The van der Waals surface area contributed by atoms with E-state index in [2.05, 4.69) is 21.9 Å². The maximum atomic E-state index is 14.0. The Morgan fingerprint density at radius 3 is 1.14 bits per heavy atom. The van der Waals surface area contributed by atoms with Gasteiger partial charge in [0.25, 0.3) is 0 Å². The molecule has 15 rings (SSSR count). The zero-order chi connectivity index (χ0) is 77.6. The van der Waals surface area contributed by atoms with Gasteiger partial charge in [0.15, 0.2) is 16.7 Å². The van der Waals surface area contributed by atoms with Gasteiger partial charge in [-0.1, -0.05) is 115 Å². The molecule has 3 atom stereocenters. The molecule has 9 aromatic heterocycles. The molecule has 110 heavy (non-hydrogen) atoms. The van der Waals surface area contributed by atoms with Gasteiger partial charge in [0.2, 0.25) is 22.1 Å². The van der Waals surface area contributed by atoms with Crippen LogP contribution in [0.3, 0.4) is 0 Å². The normalized spacial score (nSPS) is 15.3. The molecular formula is C83H73Cl3N3O15P3S3. The van der Waals surface area contributed by atoms with Crippen molar-refractivity contribution in [3.63, 3.8) is 0 Å². The Kier molecular flexibility index (Phi) is 24.8. The van der Waals surface area contributed by atoms with Gasteiger partial charge in [0.1, 0.15) is 48.5 Å². The Hall–Kier alpha value is -8.88. The molecular weight excluding hydrogens is 1570 g/mol. The highest BCUT2D eigenvalue weighted by Gasteiger charge is 2.39. The molecule has 18 nitrogen and oxygen atoms in total. The van der Waals surface area contributed by atoms with E-state index in [0.717, 1.165) is 130 Å². The fraction of sp³-hybridized carbons (Fsp3) is 0.205. The van der Waals surface area contributed by atoms with Crippen molar-refractivity contribution in [2.45, 2.75) is 84.4 Å². The summed E-state index contributed by atoms with van der Waals surface area (Å²) in [7, 11) is -9.94. The van der Waals surface area contributed by atoms with Crippen molar-refractivity contribution in [1.29, 1.82) is 0 Å². The number of fused-ring (bicyclic) bond motifs is 3. The van der Waals surface area contributed by atoms with Gasteiger partial charge in [0, 0.05) is 89.1 Å². The van der Waals surface area contributed by atoms with Crippen molar-refractivity contribution in [1.82, 2.24) is 15.0 Å². The number of carboxylic acid groups (broad SMARTS) is 3. The summed E-state index contributed by atoms with van der Waals surface area (Å²) >= 11 is 22.0. The predicted molar refractivity (Wildman–Crippen MR) is 441 cm³/mol. The lowest BCUT2D eigenvalue weighted by atomic mass is 9.91. The number of hydrogen-bond donors (Lipinski definition) is 3. The van der Waals surface area contributed by atoms with E-state index in [1.54, 1.807) is 74.9 Å². The molecule has 1 fully saturated rings. The minimum atomic E-state index is -3.52. The van der Waals surface area contributed by atoms with E-state index >= 15 is 0 Å². The topological polar surface area (TPSA) is 269 Å². The molecule has 0 amide bonds. The molecule has 3 N–H and O–H groups in total. The second kappa shape index (κ2) is 34.4. The second-order valence-corrected chi connectivity index (χ2v) is 38.3. The summed E-state index contributed by atoms with van der Waals surface area (Å²) in [6, 6.07) is 55.1. The van der Waals surface area contributed by atoms with Crippen molar-refractivity contribution in [2.24, 2.45) is 5.92 Å². The van der Waals surface area contributed by atoms with Crippen LogP contribution in [0, 0.1) is 12.8 Å². The smallest absolute Gasteiger partial charge is 0.346 e. The van der Waals surface area contributed by atoms with Crippen LogP contribution in [-0.2, 0) is 45.8 Å². The zero-order valence-corrected chi connectivity index (χ0v) is 67.5. The lowest BCUT2D eigenvalue weighted by Gasteiger charge is -2.32. The zero-order valence-electron chi connectivity index (χ0n) is 60.1. The van der Waals surface area contributed by atoms with E-state index in [1.807, 2.05) is 147 Å². The summed E-state index contributed by atoms with van der Waals surface area (Å²) in [6.07, 6.45) is 9.03. The highest BCUT2D eigenvalue weighted by atomic mass is 35.5. The van der Waals surface area contributed by atoms with E-state index in [0.29, 0.717) is 72.6 Å². The van der Waals surface area contributed by atoms with Crippen molar-refractivity contribution in [2.75, 3.05) is 19.8 Å². The Morgan fingerprint density at radius 2 is 0.791 bits per heavy atom. The third kappa shape index (κ3) is 17.9. The Morgan fingerprint density at radius 1 is 0.445 bits per heavy atom. The van der Waals surface area contributed by atoms with E-state index in [1.165, 1.54) is 17.4 Å². The Labute approximate surface area is 661 Å². The Bertz CT molecular complexity index is 5520. The highest BCUT2D eigenvalue weighted by molar-refractivity contribution is 7.66. The first-order valence-corrected chi connectivity index (χ1v) is 44.4. The van der Waals surface area contributed by atoms with Crippen molar-refractivity contribution < 1.29 is 70.2 Å². The van der Waals surface area contributed by atoms with Crippen LogP contribution >= 0.6 is 90.9 Å². The van der Waals surface area contributed by atoms with E-state index < -0.39 is 40.0 Å². The molecule has 1 saturated carbocycles. The van der Waals surface area contributed by atoms with Gasteiger partial charge in [-0.3, -0.25) is 28.6 Å². The van der Waals surface area contributed by atoms with Gasteiger partial charge in [-0.2, -0.15) is 0 Å². The maximum absolute atomic E-state index is 14.0. The largest absolute Gasteiger partial charge is 0.477 e. The average molecular weight is 1650 g/mol. The van der Waals surface area contributed by atoms with Gasteiger partial charge in [0.05, 0.1) is 48.6 Å². The number of aromatic carboxylic acids is 3. The third-order valence-corrected chi connectivity index (χ3v) is 31.6. The van der Waals surface area contributed by atoms with Crippen LogP contribution in [0.25, 0.3) is 98.6 Å². The average Bonchev–Trinajstić information content (AvgIpc) is 1.50. The lowest BCUT2D eigenvalue weighted by Crippen LogP contribution is -2.20. The molecule has 0 radical (unpaired) electrons. The Balaban J connectivity index is 0.000000145. The third-order valence-electron chi connectivity index (χ3n) is 18.7. The number of aryl methyl sites for hydroxylation is 1. The summed E-state index contributed by atoms with van der Waals surface area (Å²) in [5.74, 6) is -0.389. The fourth-order valence-corrected chi connectivity index (χ4v) is 25.3. The summed E-state index contributed by atoms with van der Waals surface area (Å²) in [5.41, 5.74) is 12.0. The predicted octanol–water partition coefficient (Wildman–Crippen LogP) is 24.7. The van der Waals surface area contributed by atoms with Gasteiger partial charge in [-0.15, -0.1) is 34.0 Å². The summed E-state index contributed by atoms with van der Waals surface area (Å²) in [4.78, 5) is 52.1. The molecule has 0 bridgehead atoms. The number of rotatable bonds is 24. The number of aromatic nitrogens is 3. The molecule has 0 aliphatic heterocycles. The lowest BCUT2D eigenvalue weighted by molar-refractivity contribution is 0.0690. The molecule has 27 heteroatoms. The molecule has 5 aromatic carbocycles. The van der Waals surface area contributed by atoms with Crippen LogP contribution in [0.1, 0.15) is 105 Å². The molecule has 0 spiro atoms. The number of carbonyl (C=O) groups is 3. The standard InChI is InChI=1S/C28H23ClNO5PS.C28H30NO5PS.C27H20Cl2NO5PS/c1-3-34-36(33,25-11-10-21(29)13-17(25)2)16-20-14-26(37-27(20)28(31)32)19-8-6-18(7-9-19)24-15-22-23(35-24)5-4-12-30-22;1-3-33-35(32,22-12-6-18(2)7-13-22)17-21-15-26(36-27(21)28(30)31)20-10-8-19(9-11-20)25-16-23-24(34-25)5-4-14-29-23;1-2-34-36(33,24-10-9-19(28)13-20(24)29)15-18-12-25(37-26(18)27(31)32)17-7-5-16(6-8-17)23-14-21-22(35-23)4-3-11-30-21/h4-15H,3,16H2,1-2H3,(H,31,32);4-5,8-11,14-16,18,22H,3,6-7,12-13,17H2,1-2H3,(H,30,31);3-14H,2,15H2,1H3,(H,31,32). The van der Waals surface area contributed by atoms with Crippen molar-refractivity contribution in [3.8, 4) is 65.3 Å². The van der Waals surface area contributed by atoms with E-state index in [9.17, 15) is 43.4 Å². The second-order valence-electron chi connectivity index (χ2n) is 26.3. The molecule has 3 unspecified atom stereocenters. The van der Waals surface area contributed by atoms with Crippen LogP contribution in [-0.4, -0.2) is 73.7 Å². The number of thiophene rings is 3. The number of nitrogens with zero attached hydrogens (tertiary/aromatic N) is 3. The SMILES string of the molecule is CCOP(=O)(Cc1cc(-c2ccc(-c3cc4ncccc4o3)cc2)sc1C(=O)O)C1CCC(C)CC1.CCOP(=O)(Cc1cc(-c2ccc(-c3cc4ncccc4o3)cc2)sc1C(=O)O)c1ccc(Cl)cc1C.CCOP(=O)(Cc1cc(-c2ccc(-c3cc4ncccc4o3)cc2)sc1C(=O)O)c1ccc(Cl)cc1Cl. The first-order chi connectivity index (χ1) is 52.9. The molecule has 9 heterocycles. The van der Waals surface area contributed by atoms with Crippen LogP contribution < -0.4 is 10.6 Å². The highest BCUT2D eigenvalue weighted by Crippen LogP contribution is 2.61. The molecule has 564 valence electrons. The number of benzene rings is 5. The van der Waals surface area contributed by atoms with Crippen LogP contribution in [0.2, 0.25) is 15.1 Å². The minimum Gasteiger partial charge on any atom is -0.477 e. The van der Waals surface area contributed by atoms with E-state index in [4.69, 9.17) is 61.6 Å². The van der Waals surface area contributed by atoms with Crippen molar-refractivity contribution >= 4 is 153 Å². The molecule has 0 saturated heterocycles. The summed E-state index contributed by atoms with van der Waals surface area (Å²) in [5, 5.41) is 31.8. The first-order valence-electron chi connectivity index (χ1n) is 35.3. The molecule has 1 aliphatic rings. The van der Waals surface area contributed by atoms with E-state index in [-0.39, 0.29) is 57.0 Å². The number of furan rings is 3. The number of pyridine rings is 3. The molecule has 14 aromatic rings. The number of halogens is 3. The minimum absolute atomic E-state index is 0.00349. The van der Waals surface area contributed by atoms with Crippen molar-refractivity contribution in [3.05, 3.63) is 253 Å². The van der Waals surface area contributed by atoms with Gasteiger partial charge in [-0.05, 0) is 189 Å².